The Bertz CT molecular complexity index is 1270. The molecule has 1 amide bonds. The Balaban J connectivity index is 1.50. The first-order valence-electron chi connectivity index (χ1n) is 9.68. The highest BCUT2D eigenvalue weighted by Crippen LogP contribution is 2.30. The summed E-state index contributed by atoms with van der Waals surface area (Å²) in [6.07, 6.45) is 5.80. The van der Waals surface area contributed by atoms with Crippen molar-refractivity contribution in [1.82, 2.24) is 9.66 Å². The van der Waals surface area contributed by atoms with Crippen LogP contribution in [0.4, 0.5) is 0 Å². The van der Waals surface area contributed by atoms with Crippen LogP contribution in [0.25, 0.3) is 21.3 Å². The summed E-state index contributed by atoms with van der Waals surface area (Å²) in [4.78, 5) is 30.9. The maximum absolute atomic E-state index is 13.1. The second kappa shape index (κ2) is 7.29. The number of aromatic nitrogens is 2. The molecule has 0 saturated carbocycles. The first kappa shape index (κ1) is 17.8. The molecule has 6 heteroatoms. The SMILES string of the molecule is O=C(Nn1cnc2scc(-c3ccccc3)c2c1=O)c1ccc2c(c1)CCCC2. The van der Waals surface area contributed by atoms with Crippen LogP contribution < -0.4 is 11.0 Å². The van der Waals surface area contributed by atoms with Crippen LogP contribution in [0.2, 0.25) is 0 Å². The second-order valence-electron chi connectivity index (χ2n) is 7.25. The van der Waals surface area contributed by atoms with Gasteiger partial charge < -0.3 is 0 Å². The molecule has 1 aliphatic rings. The van der Waals surface area contributed by atoms with Crippen LogP contribution in [0.5, 0.6) is 0 Å². The van der Waals surface area contributed by atoms with E-state index in [9.17, 15) is 9.59 Å². The third kappa shape index (κ3) is 3.25. The predicted molar refractivity (Wildman–Crippen MR) is 116 cm³/mol. The molecule has 0 radical (unpaired) electrons. The van der Waals surface area contributed by atoms with E-state index in [1.807, 2.05) is 53.9 Å². The third-order valence-corrected chi connectivity index (χ3v) is 6.30. The summed E-state index contributed by atoms with van der Waals surface area (Å²) in [6, 6.07) is 15.5. The van der Waals surface area contributed by atoms with Gasteiger partial charge in [0.05, 0.1) is 5.39 Å². The minimum atomic E-state index is -0.307. The topological polar surface area (TPSA) is 64.0 Å². The van der Waals surface area contributed by atoms with Crippen LogP contribution in [0.3, 0.4) is 0 Å². The zero-order valence-corrected chi connectivity index (χ0v) is 16.5. The number of nitrogens with zero attached hydrogens (tertiary/aromatic N) is 2. The molecule has 2 aromatic heterocycles. The van der Waals surface area contributed by atoms with E-state index in [1.165, 1.54) is 39.9 Å². The van der Waals surface area contributed by atoms with E-state index in [-0.39, 0.29) is 11.5 Å². The van der Waals surface area contributed by atoms with Crippen molar-refractivity contribution >= 4 is 27.5 Å². The molecule has 0 aliphatic heterocycles. The Morgan fingerprint density at radius 3 is 2.66 bits per heavy atom. The average Bonchev–Trinajstić information content (AvgIpc) is 3.21. The summed E-state index contributed by atoms with van der Waals surface area (Å²) in [6.45, 7) is 0. The minimum absolute atomic E-state index is 0.276. The van der Waals surface area contributed by atoms with E-state index in [0.29, 0.717) is 15.8 Å². The number of fused-ring (bicyclic) bond motifs is 2. The van der Waals surface area contributed by atoms with E-state index < -0.39 is 0 Å². The zero-order valence-electron chi connectivity index (χ0n) is 15.7. The molecule has 5 nitrogen and oxygen atoms in total. The van der Waals surface area contributed by atoms with Crippen LogP contribution in [0, 0.1) is 0 Å². The number of benzene rings is 2. The average molecular weight is 401 g/mol. The predicted octanol–water partition coefficient (Wildman–Crippen LogP) is 4.39. The van der Waals surface area contributed by atoms with Gasteiger partial charge in [-0.05, 0) is 54.5 Å². The van der Waals surface area contributed by atoms with Gasteiger partial charge in [0.25, 0.3) is 11.5 Å². The van der Waals surface area contributed by atoms with Crippen LogP contribution >= 0.6 is 11.3 Å². The molecule has 0 fully saturated rings. The van der Waals surface area contributed by atoms with Gasteiger partial charge in [-0.2, -0.15) is 0 Å². The molecule has 1 aliphatic carbocycles. The molecule has 29 heavy (non-hydrogen) atoms. The van der Waals surface area contributed by atoms with Gasteiger partial charge in [0.1, 0.15) is 11.2 Å². The summed E-state index contributed by atoms with van der Waals surface area (Å²) >= 11 is 1.43. The largest absolute Gasteiger partial charge is 0.281 e. The fraction of sp³-hybridized carbons (Fsp3) is 0.174. The summed E-state index contributed by atoms with van der Waals surface area (Å²) in [5.74, 6) is -0.307. The lowest BCUT2D eigenvalue weighted by atomic mass is 9.90. The minimum Gasteiger partial charge on any atom is -0.267 e. The summed E-state index contributed by atoms with van der Waals surface area (Å²) in [5.41, 5.74) is 7.32. The third-order valence-electron chi connectivity index (χ3n) is 5.41. The highest BCUT2D eigenvalue weighted by molar-refractivity contribution is 7.17. The molecule has 144 valence electrons. The molecule has 2 heterocycles. The molecule has 2 aromatic carbocycles. The molecular formula is C23H19N3O2S. The number of hydrogen-bond donors (Lipinski definition) is 1. The maximum atomic E-state index is 13.1. The van der Waals surface area contributed by atoms with E-state index in [4.69, 9.17) is 0 Å². The van der Waals surface area contributed by atoms with E-state index in [1.54, 1.807) is 0 Å². The Kier molecular flexibility index (Phi) is 4.48. The molecule has 0 spiro atoms. The fourth-order valence-corrected chi connectivity index (χ4v) is 4.80. The van der Waals surface area contributed by atoms with Crippen LogP contribution in [0.1, 0.15) is 34.3 Å². The summed E-state index contributed by atoms with van der Waals surface area (Å²) in [7, 11) is 0. The number of thiophene rings is 1. The number of hydrogen-bond acceptors (Lipinski definition) is 4. The smallest absolute Gasteiger partial charge is 0.267 e. The van der Waals surface area contributed by atoms with Gasteiger partial charge in [-0.3, -0.25) is 15.0 Å². The van der Waals surface area contributed by atoms with Crippen molar-refractivity contribution in [2.75, 3.05) is 5.43 Å². The maximum Gasteiger partial charge on any atom is 0.281 e. The van der Waals surface area contributed by atoms with Crippen LogP contribution in [0.15, 0.2) is 65.0 Å². The molecule has 0 atom stereocenters. The zero-order chi connectivity index (χ0) is 19.8. The highest BCUT2D eigenvalue weighted by atomic mass is 32.1. The van der Waals surface area contributed by atoms with Crippen molar-refractivity contribution in [3.05, 3.63) is 87.3 Å². The molecule has 5 rings (SSSR count). The van der Waals surface area contributed by atoms with Gasteiger partial charge in [-0.25, -0.2) is 9.66 Å². The molecule has 0 saturated heterocycles. The normalized spacial score (nSPS) is 13.2. The van der Waals surface area contributed by atoms with Crippen molar-refractivity contribution in [1.29, 1.82) is 0 Å². The number of carbonyl (C=O) groups excluding carboxylic acids is 1. The van der Waals surface area contributed by atoms with Crippen LogP contribution in [-0.4, -0.2) is 15.6 Å². The second-order valence-corrected chi connectivity index (χ2v) is 8.10. The fourth-order valence-electron chi connectivity index (χ4n) is 3.89. The lowest BCUT2D eigenvalue weighted by Gasteiger charge is -2.16. The van der Waals surface area contributed by atoms with E-state index >= 15 is 0 Å². The molecule has 0 bridgehead atoms. The Labute approximate surface area is 171 Å². The van der Waals surface area contributed by atoms with Crippen molar-refractivity contribution in [3.63, 3.8) is 0 Å². The number of aryl methyl sites for hydroxylation is 2. The van der Waals surface area contributed by atoms with Gasteiger partial charge in [-0.1, -0.05) is 36.4 Å². The van der Waals surface area contributed by atoms with Gasteiger partial charge >= 0.3 is 0 Å². The first-order valence-corrected chi connectivity index (χ1v) is 10.6. The Morgan fingerprint density at radius 2 is 1.83 bits per heavy atom. The van der Waals surface area contributed by atoms with Gasteiger partial charge in [-0.15, -0.1) is 11.3 Å². The van der Waals surface area contributed by atoms with E-state index in [2.05, 4.69) is 10.4 Å². The number of amides is 1. The highest BCUT2D eigenvalue weighted by Gasteiger charge is 2.16. The van der Waals surface area contributed by atoms with Crippen molar-refractivity contribution in [3.8, 4) is 11.1 Å². The molecule has 1 N–H and O–H groups in total. The van der Waals surface area contributed by atoms with Gasteiger partial charge in [0, 0.05) is 16.5 Å². The molecule has 0 unspecified atom stereocenters. The molecule has 4 aromatic rings. The number of rotatable bonds is 3. The van der Waals surface area contributed by atoms with Crippen molar-refractivity contribution in [2.24, 2.45) is 0 Å². The first-order chi connectivity index (χ1) is 14.2. The molecular weight excluding hydrogens is 382 g/mol. The standard InChI is InChI=1S/C23H19N3O2S/c27-21(18-11-10-15-6-4-5-9-17(15)12-18)25-26-14-24-22-20(23(26)28)19(13-29-22)16-7-2-1-3-8-16/h1-3,7-8,10-14H,4-6,9H2,(H,25,27). The quantitative estimate of drug-likeness (QED) is 0.554. The van der Waals surface area contributed by atoms with E-state index in [0.717, 1.165) is 30.4 Å². The van der Waals surface area contributed by atoms with Gasteiger partial charge in [0.2, 0.25) is 0 Å². The summed E-state index contributed by atoms with van der Waals surface area (Å²) in [5, 5.41) is 2.46. The van der Waals surface area contributed by atoms with Crippen molar-refractivity contribution in [2.45, 2.75) is 25.7 Å². The number of carbonyl (C=O) groups is 1. The Hall–Kier alpha value is -3.25. The summed E-state index contributed by atoms with van der Waals surface area (Å²) < 4.78 is 1.18. The monoisotopic (exact) mass is 401 g/mol. The van der Waals surface area contributed by atoms with Gasteiger partial charge in [0.15, 0.2) is 0 Å². The van der Waals surface area contributed by atoms with Crippen LogP contribution in [-0.2, 0) is 12.8 Å². The van der Waals surface area contributed by atoms with Crippen molar-refractivity contribution < 1.29 is 4.79 Å². The lowest BCUT2D eigenvalue weighted by molar-refractivity contribution is 0.101. The Morgan fingerprint density at radius 1 is 1.03 bits per heavy atom. The lowest BCUT2D eigenvalue weighted by Crippen LogP contribution is -2.33. The number of nitrogens with one attached hydrogen (secondary N) is 1.